The number of halogens is 2. The highest BCUT2D eigenvalue weighted by Crippen LogP contribution is 2.25. The summed E-state index contributed by atoms with van der Waals surface area (Å²) in [4.78, 5) is 4.56. The van der Waals surface area contributed by atoms with Gasteiger partial charge >= 0.3 is 0 Å². The van der Waals surface area contributed by atoms with Crippen LogP contribution in [0.2, 0.25) is 10.0 Å². The minimum atomic E-state index is 0.532. The number of aromatic nitrogens is 1. The maximum absolute atomic E-state index is 6.16. The van der Waals surface area contributed by atoms with Crippen LogP contribution in [0.5, 0.6) is 0 Å². The molecule has 0 aliphatic heterocycles. The summed E-state index contributed by atoms with van der Waals surface area (Å²) in [5.74, 6) is 0. The number of anilines is 1. The fraction of sp³-hybridized carbons (Fsp3) is 0.176. The number of nitrogens with one attached hydrogen (secondary N) is 2. The number of aryl methyl sites for hydroxylation is 1. The Labute approximate surface area is 160 Å². The van der Waals surface area contributed by atoms with Crippen molar-refractivity contribution in [1.82, 2.24) is 10.3 Å². The van der Waals surface area contributed by atoms with E-state index in [4.69, 9.17) is 35.4 Å². The van der Waals surface area contributed by atoms with Crippen molar-refractivity contribution in [1.29, 1.82) is 0 Å². The number of rotatable bonds is 4. The highest BCUT2D eigenvalue weighted by atomic mass is 35.5. The zero-order valence-electron chi connectivity index (χ0n) is 12.9. The van der Waals surface area contributed by atoms with Crippen molar-refractivity contribution < 1.29 is 0 Å². The third-order valence-corrected chi connectivity index (χ3v) is 5.44. The lowest BCUT2D eigenvalue weighted by molar-refractivity contribution is 0.926. The van der Waals surface area contributed by atoms with Crippen LogP contribution in [-0.4, -0.2) is 10.1 Å². The summed E-state index contributed by atoms with van der Waals surface area (Å²) in [7, 11) is 0. The van der Waals surface area contributed by atoms with E-state index in [0.717, 1.165) is 32.9 Å². The maximum Gasteiger partial charge on any atom is 0.171 e. The van der Waals surface area contributed by atoms with Crippen molar-refractivity contribution in [3.63, 3.8) is 0 Å². The molecule has 0 fully saturated rings. The molecule has 0 saturated heterocycles. The number of fused-ring (bicyclic) bond motifs is 1. The van der Waals surface area contributed by atoms with E-state index in [1.54, 1.807) is 17.4 Å². The number of benzene rings is 2. The average molecular weight is 396 g/mol. The number of nitrogens with zero attached hydrogens (tertiary/aromatic N) is 1. The van der Waals surface area contributed by atoms with E-state index in [-0.39, 0.29) is 0 Å². The molecule has 3 aromatic rings. The Bertz CT molecular complexity index is 893. The second-order valence-corrected chi connectivity index (χ2v) is 7.55. The highest BCUT2D eigenvalue weighted by molar-refractivity contribution is 7.80. The molecule has 1 heterocycles. The fourth-order valence-electron chi connectivity index (χ4n) is 2.22. The molecule has 0 spiro atoms. The Kier molecular flexibility index (Phi) is 5.56. The van der Waals surface area contributed by atoms with Crippen molar-refractivity contribution in [3.8, 4) is 0 Å². The molecule has 0 amide bonds. The Morgan fingerprint density at radius 1 is 1.21 bits per heavy atom. The van der Waals surface area contributed by atoms with Gasteiger partial charge < -0.3 is 10.6 Å². The number of thiazole rings is 1. The monoisotopic (exact) mass is 395 g/mol. The molecule has 0 aliphatic rings. The Balaban J connectivity index is 1.64. The van der Waals surface area contributed by atoms with Crippen LogP contribution in [0.4, 0.5) is 5.69 Å². The lowest BCUT2D eigenvalue weighted by Gasteiger charge is -2.11. The SMILES string of the molecule is CCc1nc2ccc(NC(=S)NCc3ccc(Cl)cc3Cl)cc2s1. The third kappa shape index (κ3) is 4.16. The maximum atomic E-state index is 6.16. The van der Waals surface area contributed by atoms with Gasteiger partial charge in [0.15, 0.2) is 5.11 Å². The quantitative estimate of drug-likeness (QED) is 0.559. The summed E-state index contributed by atoms with van der Waals surface area (Å²) in [6.07, 6.45) is 0.948. The molecule has 3 nitrogen and oxygen atoms in total. The van der Waals surface area contributed by atoms with E-state index in [1.165, 1.54) is 0 Å². The van der Waals surface area contributed by atoms with E-state index in [1.807, 2.05) is 24.3 Å². The van der Waals surface area contributed by atoms with Crippen LogP contribution in [0.15, 0.2) is 36.4 Å². The van der Waals surface area contributed by atoms with E-state index < -0.39 is 0 Å². The highest BCUT2D eigenvalue weighted by Gasteiger charge is 2.06. The van der Waals surface area contributed by atoms with E-state index in [2.05, 4.69) is 28.6 Å². The molecule has 0 bridgehead atoms. The molecule has 7 heteroatoms. The molecule has 2 N–H and O–H groups in total. The summed E-state index contributed by atoms with van der Waals surface area (Å²) in [5, 5.41) is 9.27. The van der Waals surface area contributed by atoms with Crippen molar-refractivity contribution in [3.05, 3.63) is 57.0 Å². The van der Waals surface area contributed by atoms with Gasteiger partial charge in [-0.3, -0.25) is 0 Å². The second kappa shape index (κ2) is 7.66. The molecule has 124 valence electrons. The first kappa shape index (κ1) is 17.4. The van der Waals surface area contributed by atoms with Crippen LogP contribution >= 0.6 is 46.8 Å². The molecule has 0 atom stereocenters. The summed E-state index contributed by atoms with van der Waals surface area (Å²) in [5.41, 5.74) is 2.90. The molecule has 0 saturated carbocycles. The molecule has 0 unspecified atom stereocenters. The van der Waals surface area contributed by atoms with Crippen molar-refractivity contribution in [2.75, 3.05) is 5.32 Å². The standard InChI is InChI=1S/C17H15Cl2N3S2/c1-2-16-22-14-6-5-12(8-15(14)24-16)21-17(23)20-9-10-3-4-11(18)7-13(10)19/h3-8H,2,9H2,1H3,(H2,20,21,23). The van der Waals surface area contributed by atoms with E-state index >= 15 is 0 Å². The molecular weight excluding hydrogens is 381 g/mol. The van der Waals surface area contributed by atoms with Gasteiger partial charge in [-0.05, 0) is 54.5 Å². The first-order chi connectivity index (χ1) is 11.5. The molecule has 0 aliphatic carbocycles. The van der Waals surface area contributed by atoms with Gasteiger partial charge in [-0.1, -0.05) is 36.2 Å². The van der Waals surface area contributed by atoms with Crippen LogP contribution in [0, 0.1) is 0 Å². The molecule has 3 rings (SSSR count). The van der Waals surface area contributed by atoms with Gasteiger partial charge in [0.2, 0.25) is 0 Å². The molecule has 1 aromatic heterocycles. The number of hydrogen-bond donors (Lipinski definition) is 2. The lowest BCUT2D eigenvalue weighted by Crippen LogP contribution is -2.27. The van der Waals surface area contributed by atoms with E-state index in [9.17, 15) is 0 Å². The number of thiocarbonyl (C=S) groups is 1. The van der Waals surface area contributed by atoms with Gasteiger partial charge in [0.05, 0.1) is 15.2 Å². The zero-order chi connectivity index (χ0) is 17.1. The van der Waals surface area contributed by atoms with Crippen LogP contribution in [-0.2, 0) is 13.0 Å². The molecular formula is C17H15Cl2N3S2. The van der Waals surface area contributed by atoms with Crippen molar-refractivity contribution in [2.24, 2.45) is 0 Å². The Hall–Kier alpha value is -1.40. The summed E-state index contributed by atoms with van der Waals surface area (Å²) in [6.45, 7) is 2.64. The van der Waals surface area contributed by atoms with Gasteiger partial charge in [-0.15, -0.1) is 11.3 Å². The summed E-state index contributed by atoms with van der Waals surface area (Å²) in [6, 6.07) is 11.5. The average Bonchev–Trinajstić information content (AvgIpc) is 2.96. The normalized spacial score (nSPS) is 10.8. The van der Waals surface area contributed by atoms with Crippen LogP contribution < -0.4 is 10.6 Å². The van der Waals surface area contributed by atoms with Gasteiger partial charge in [-0.2, -0.15) is 0 Å². The topological polar surface area (TPSA) is 37.0 Å². The first-order valence-electron chi connectivity index (χ1n) is 7.43. The lowest BCUT2D eigenvalue weighted by atomic mass is 10.2. The smallest absolute Gasteiger partial charge is 0.171 e. The van der Waals surface area contributed by atoms with Gasteiger partial charge in [0.25, 0.3) is 0 Å². The molecule has 24 heavy (non-hydrogen) atoms. The van der Waals surface area contributed by atoms with Gasteiger partial charge in [0.1, 0.15) is 0 Å². The molecule has 2 aromatic carbocycles. The Morgan fingerprint density at radius 3 is 2.79 bits per heavy atom. The minimum absolute atomic E-state index is 0.532. The third-order valence-electron chi connectivity index (χ3n) is 3.45. The summed E-state index contributed by atoms with van der Waals surface area (Å²) >= 11 is 19.1. The minimum Gasteiger partial charge on any atom is -0.358 e. The van der Waals surface area contributed by atoms with Gasteiger partial charge in [-0.25, -0.2) is 4.98 Å². The van der Waals surface area contributed by atoms with E-state index in [0.29, 0.717) is 21.7 Å². The Morgan fingerprint density at radius 2 is 2.04 bits per heavy atom. The van der Waals surface area contributed by atoms with Crippen LogP contribution in [0.25, 0.3) is 10.2 Å². The second-order valence-electron chi connectivity index (χ2n) is 5.19. The predicted molar refractivity (Wildman–Crippen MR) is 109 cm³/mol. The molecule has 0 radical (unpaired) electrons. The zero-order valence-corrected chi connectivity index (χ0v) is 16.0. The summed E-state index contributed by atoms with van der Waals surface area (Å²) < 4.78 is 1.15. The van der Waals surface area contributed by atoms with Crippen LogP contribution in [0.1, 0.15) is 17.5 Å². The fourth-order valence-corrected chi connectivity index (χ4v) is 3.83. The van der Waals surface area contributed by atoms with Crippen molar-refractivity contribution in [2.45, 2.75) is 19.9 Å². The largest absolute Gasteiger partial charge is 0.358 e. The van der Waals surface area contributed by atoms with Crippen LogP contribution in [0.3, 0.4) is 0 Å². The number of hydrogen-bond acceptors (Lipinski definition) is 3. The van der Waals surface area contributed by atoms with Gasteiger partial charge in [0, 0.05) is 22.3 Å². The predicted octanol–water partition coefficient (Wildman–Crippen LogP) is 5.65. The first-order valence-corrected chi connectivity index (χ1v) is 9.41. The van der Waals surface area contributed by atoms with Crippen molar-refractivity contribution >= 4 is 67.8 Å².